The molecule has 0 saturated heterocycles. The lowest BCUT2D eigenvalue weighted by atomic mass is 9.92. The summed E-state index contributed by atoms with van der Waals surface area (Å²) in [4.78, 5) is 0.281. The Balaban J connectivity index is 1.76. The molecule has 0 atom stereocenters. The van der Waals surface area contributed by atoms with E-state index in [9.17, 15) is 8.42 Å². The van der Waals surface area contributed by atoms with Gasteiger partial charge in [0.25, 0.3) is 0 Å². The molecular weight excluding hydrogens is 406 g/mol. The summed E-state index contributed by atoms with van der Waals surface area (Å²) < 4.78 is 32.3. The van der Waals surface area contributed by atoms with E-state index in [0.29, 0.717) is 5.69 Å². The van der Waals surface area contributed by atoms with Crippen molar-refractivity contribution < 1.29 is 8.42 Å². The second-order valence-corrected chi connectivity index (χ2v) is 11.1. The summed E-state index contributed by atoms with van der Waals surface area (Å²) in [5.74, 6) is 0. The first-order valence-electron chi connectivity index (χ1n) is 11.0. The topological polar surface area (TPSA) is 64.0 Å². The van der Waals surface area contributed by atoms with Crippen molar-refractivity contribution in [1.82, 2.24) is 14.5 Å². The second kappa shape index (κ2) is 8.60. The number of sulfonamides is 1. The van der Waals surface area contributed by atoms with Gasteiger partial charge in [0.2, 0.25) is 10.0 Å². The van der Waals surface area contributed by atoms with Gasteiger partial charge in [-0.05, 0) is 24.0 Å². The van der Waals surface area contributed by atoms with Crippen LogP contribution in [-0.2, 0) is 15.4 Å². The lowest BCUT2D eigenvalue weighted by molar-refractivity contribution is 0.448. The zero-order valence-electron chi connectivity index (χ0n) is 18.5. The molecule has 0 spiro atoms. The molecule has 31 heavy (non-hydrogen) atoms. The molecule has 0 bridgehead atoms. The minimum atomic E-state index is -3.81. The van der Waals surface area contributed by atoms with E-state index in [1.807, 2.05) is 86.1 Å². The molecule has 0 unspecified atom stereocenters. The summed E-state index contributed by atoms with van der Waals surface area (Å²) in [6.45, 7) is 6.04. The third-order valence-corrected chi connectivity index (χ3v) is 7.36. The molecule has 3 aromatic rings. The lowest BCUT2D eigenvalue weighted by Crippen LogP contribution is -2.31. The van der Waals surface area contributed by atoms with Crippen LogP contribution in [0.2, 0.25) is 0 Å². The summed E-state index contributed by atoms with van der Waals surface area (Å²) in [7, 11) is -3.81. The Labute approximate surface area is 185 Å². The second-order valence-electron chi connectivity index (χ2n) is 9.39. The van der Waals surface area contributed by atoms with Crippen LogP contribution in [0.25, 0.3) is 0 Å². The van der Waals surface area contributed by atoms with E-state index in [2.05, 4.69) is 4.72 Å². The molecule has 0 radical (unpaired) electrons. The molecule has 1 aromatic heterocycles. The molecule has 1 aliphatic carbocycles. The molecule has 4 rings (SSSR count). The van der Waals surface area contributed by atoms with E-state index in [1.165, 1.54) is 12.8 Å². The quantitative estimate of drug-likeness (QED) is 0.564. The van der Waals surface area contributed by atoms with E-state index in [4.69, 9.17) is 5.10 Å². The largest absolute Gasteiger partial charge is 0.268 e. The molecule has 1 N–H and O–H groups in total. The van der Waals surface area contributed by atoms with Crippen LogP contribution in [0.3, 0.4) is 0 Å². The van der Waals surface area contributed by atoms with Crippen molar-refractivity contribution in [2.75, 3.05) is 0 Å². The van der Waals surface area contributed by atoms with Gasteiger partial charge in [0.15, 0.2) is 0 Å². The molecular formula is C25H31N3O2S. The van der Waals surface area contributed by atoms with Gasteiger partial charge in [-0.25, -0.2) is 8.42 Å². The Morgan fingerprint density at radius 1 is 0.935 bits per heavy atom. The highest BCUT2D eigenvalue weighted by atomic mass is 32.2. The Morgan fingerprint density at radius 2 is 1.45 bits per heavy atom. The van der Waals surface area contributed by atoms with E-state index < -0.39 is 16.1 Å². The van der Waals surface area contributed by atoms with Crippen LogP contribution < -0.4 is 4.72 Å². The van der Waals surface area contributed by atoms with Gasteiger partial charge < -0.3 is 0 Å². The normalized spacial score (nSPS) is 15.6. The van der Waals surface area contributed by atoms with Crippen LogP contribution in [-0.4, -0.2) is 18.2 Å². The SMILES string of the molecule is CC(C)(C)c1nn(C2CCCC2)cc1S(=O)(=O)NC(c1ccccc1)c1ccccc1. The van der Waals surface area contributed by atoms with Gasteiger partial charge in [-0.2, -0.15) is 9.82 Å². The molecule has 1 aliphatic rings. The van der Waals surface area contributed by atoms with Gasteiger partial charge in [-0.1, -0.05) is 94.3 Å². The summed E-state index contributed by atoms with van der Waals surface area (Å²) >= 11 is 0. The van der Waals surface area contributed by atoms with Gasteiger partial charge in [-0.15, -0.1) is 0 Å². The van der Waals surface area contributed by atoms with Gasteiger partial charge in [0.05, 0.1) is 17.8 Å². The highest BCUT2D eigenvalue weighted by Gasteiger charge is 2.33. The van der Waals surface area contributed by atoms with Crippen molar-refractivity contribution in [3.05, 3.63) is 83.7 Å². The van der Waals surface area contributed by atoms with Crippen LogP contribution in [0, 0.1) is 0 Å². The highest BCUT2D eigenvalue weighted by molar-refractivity contribution is 7.89. The van der Waals surface area contributed by atoms with Crippen LogP contribution in [0.15, 0.2) is 71.8 Å². The summed E-state index contributed by atoms with van der Waals surface area (Å²) in [5, 5.41) is 4.78. The van der Waals surface area contributed by atoms with Gasteiger partial charge >= 0.3 is 0 Å². The number of aromatic nitrogens is 2. The third-order valence-electron chi connectivity index (χ3n) is 5.94. The smallest absolute Gasteiger partial charge is 0.244 e. The molecule has 1 saturated carbocycles. The average Bonchev–Trinajstić information content (AvgIpc) is 3.43. The van der Waals surface area contributed by atoms with Crippen molar-refractivity contribution in [1.29, 1.82) is 0 Å². The summed E-state index contributed by atoms with van der Waals surface area (Å²) in [5.41, 5.74) is 2.03. The first-order valence-corrected chi connectivity index (χ1v) is 12.5. The average molecular weight is 438 g/mol. The fraction of sp³-hybridized carbons (Fsp3) is 0.400. The van der Waals surface area contributed by atoms with Crippen molar-refractivity contribution in [2.24, 2.45) is 0 Å². The van der Waals surface area contributed by atoms with Crippen LogP contribution in [0.4, 0.5) is 0 Å². The van der Waals surface area contributed by atoms with Crippen LogP contribution >= 0.6 is 0 Å². The van der Waals surface area contributed by atoms with Gasteiger partial charge in [0.1, 0.15) is 4.90 Å². The molecule has 2 aromatic carbocycles. The van der Waals surface area contributed by atoms with Crippen LogP contribution in [0.5, 0.6) is 0 Å². The fourth-order valence-corrected chi connectivity index (χ4v) is 5.84. The zero-order valence-corrected chi connectivity index (χ0v) is 19.3. The van der Waals surface area contributed by atoms with Crippen molar-refractivity contribution in [2.45, 2.75) is 68.8 Å². The zero-order chi connectivity index (χ0) is 22.1. The third kappa shape index (κ3) is 4.75. The van der Waals surface area contributed by atoms with E-state index in [0.717, 1.165) is 24.0 Å². The number of rotatable bonds is 6. The molecule has 164 valence electrons. The first-order chi connectivity index (χ1) is 14.8. The Bertz CT molecular complexity index is 1070. The standard InChI is InChI=1S/C25H31N3O2S/c1-25(2,3)24-22(18-28(26-24)21-16-10-11-17-21)31(29,30)27-23(19-12-6-4-7-13-19)20-14-8-5-9-15-20/h4-9,12-15,18,21,23,27H,10-11,16-17H2,1-3H3. The van der Waals surface area contributed by atoms with E-state index >= 15 is 0 Å². The monoisotopic (exact) mass is 437 g/mol. The van der Waals surface area contributed by atoms with Crippen LogP contribution in [0.1, 0.15) is 75.4 Å². The molecule has 1 heterocycles. The Morgan fingerprint density at radius 3 is 1.94 bits per heavy atom. The van der Waals surface area contributed by atoms with E-state index in [-0.39, 0.29) is 16.4 Å². The minimum Gasteiger partial charge on any atom is -0.268 e. The summed E-state index contributed by atoms with van der Waals surface area (Å²) in [6.07, 6.45) is 6.18. The maximum Gasteiger partial charge on any atom is 0.244 e. The number of nitrogens with one attached hydrogen (secondary N) is 1. The molecule has 5 nitrogen and oxygen atoms in total. The minimum absolute atomic E-state index is 0.281. The number of benzene rings is 2. The van der Waals surface area contributed by atoms with Gasteiger partial charge in [0, 0.05) is 11.6 Å². The first kappa shape index (κ1) is 21.8. The Hall–Kier alpha value is -2.44. The molecule has 1 fully saturated rings. The summed E-state index contributed by atoms with van der Waals surface area (Å²) in [6, 6.07) is 19.2. The maximum absolute atomic E-state index is 13.7. The maximum atomic E-state index is 13.7. The highest BCUT2D eigenvalue weighted by Crippen LogP contribution is 2.34. The molecule has 0 aliphatic heterocycles. The van der Waals surface area contributed by atoms with Crippen molar-refractivity contribution in [3.8, 4) is 0 Å². The van der Waals surface area contributed by atoms with Crippen molar-refractivity contribution >= 4 is 10.0 Å². The predicted octanol–water partition coefficient (Wildman–Crippen LogP) is 5.36. The number of nitrogens with zero attached hydrogens (tertiary/aromatic N) is 2. The van der Waals surface area contributed by atoms with Gasteiger partial charge in [-0.3, -0.25) is 4.68 Å². The van der Waals surface area contributed by atoms with Crippen molar-refractivity contribution in [3.63, 3.8) is 0 Å². The van der Waals surface area contributed by atoms with E-state index in [1.54, 1.807) is 6.20 Å². The predicted molar refractivity (Wildman–Crippen MR) is 123 cm³/mol. The Kier molecular flexibility index (Phi) is 6.04. The lowest BCUT2D eigenvalue weighted by Gasteiger charge is -2.22. The molecule has 6 heteroatoms. The molecule has 0 amide bonds. The number of hydrogen-bond acceptors (Lipinski definition) is 3. The number of hydrogen-bond donors (Lipinski definition) is 1. The fourth-order valence-electron chi connectivity index (χ4n) is 4.29.